The number of rotatable bonds is 2. The van der Waals surface area contributed by atoms with E-state index in [1.807, 2.05) is 0 Å². The maximum Gasteiger partial charge on any atom is 0.200 e. The number of aldehydes is 1. The number of pyridine rings is 1. The number of carbonyl (C=O) groups excluding carboxylic acids is 1. The van der Waals surface area contributed by atoms with Gasteiger partial charge < -0.3 is 0 Å². The lowest BCUT2D eigenvalue weighted by molar-refractivity contribution is 0.111. The number of aromatic nitrogens is 1. The normalized spacial score (nSPS) is 10.6. The van der Waals surface area contributed by atoms with Crippen LogP contribution in [0.25, 0.3) is 11.3 Å². The molecule has 2 rings (SSSR count). The van der Waals surface area contributed by atoms with E-state index in [2.05, 4.69) is 4.98 Å². The zero-order chi connectivity index (χ0) is 14.2. The minimum absolute atomic E-state index is 0.193. The third kappa shape index (κ3) is 2.07. The first-order valence-corrected chi connectivity index (χ1v) is 4.91. The molecule has 1 heterocycles. The number of halogens is 5. The summed E-state index contributed by atoms with van der Waals surface area (Å²) in [6.07, 6.45) is 0.287. The van der Waals surface area contributed by atoms with Crippen molar-refractivity contribution in [1.29, 1.82) is 0 Å². The van der Waals surface area contributed by atoms with Crippen molar-refractivity contribution in [2.24, 2.45) is 0 Å². The average Bonchev–Trinajstić information content (AvgIpc) is 2.43. The summed E-state index contributed by atoms with van der Waals surface area (Å²) in [5, 5.41) is 0. The van der Waals surface area contributed by atoms with Crippen LogP contribution in [0.5, 0.6) is 0 Å². The van der Waals surface area contributed by atoms with E-state index in [1.165, 1.54) is 12.1 Å². The molecule has 2 nitrogen and oxygen atoms in total. The predicted octanol–water partition coefficient (Wildman–Crippen LogP) is 3.26. The zero-order valence-corrected chi connectivity index (χ0v) is 9.05. The molecule has 1 aromatic carbocycles. The number of hydrogen-bond donors (Lipinski definition) is 0. The summed E-state index contributed by atoms with van der Waals surface area (Å²) in [4.78, 5) is 14.0. The fourth-order valence-corrected chi connectivity index (χ4v) is 1.49. The Hall–Kier alpha value is -2.31. The highest BCUT2D eigenvalue weighted by Gasteiger charge is 2.27. The summed E-state index contributed by atoms with van der Waals surface area (Å²) < 4.78 is 65.8. The molecule has 2 aromatic rings. The number of benzene rings is 1. The molecule has 0 spiro atoms. The van der Waals surface area contributed by atoms with Crippen LogP contribution in [-0.4, -0.2) is 11.3 Å². The van der Waals surface area contributed by atoms with E-state index in [0.717, 1.165) is 6.07 Å². The van der Waals surface area contributed by atoms with E-state index in [1.54, 1.807) is 0 Å². The fourth-order valence-electron chi connectivity index (χ4n) is 1.49. The quantitative estimate of drug-likeness (QED) is 0.364. The average molecular weight is 273 g/mol. The van der Waals surface area contributed by atoms with Gasteiger partial charge in [-0.3, -0.25) is 4.79 Å². The predicted molar refractivity (Wildman–Crippen MR) is 54.9 cm³/mol. The van der Waals surface area contributed by atoms with E-state index < -0.39 is 40.3 Å². The summed E-state index contributed by atoms with van der Waals surface area (Å²) in [6, 6.07) is 3.47. The van der Waals surface area contributed by atoms with Gasteiger partial charge in [0.05, 0.1) is 11.3 Å². The Labute approximate surface area is 103 Å². The van der Waals surface area contributed by atoms with E-state index in [-0.39, 0.29) is 12.0 Å². The Balaban J connectivity index is 2.78. The van der Waals surface area contributed by atoms with Crippen LogP contribution in [-0.2, 0) is 0 Å². The fraction of sp³-hybridized carbons (Fsp3) is 0. The topological polar surface area (TPSA) is 30.0 Å². The van der Waals surface area contributed by atoms with E-state index in [4.69, 9.17) is 0 Å². The van der Waals surface area contributed by atoms with Crippen LogP contribution < -0.4 is 0 Å². The highest BCUT2D eigenvalue weighted by Crippen LogP contribution is 2.30. The molecule has 19 heavy (non-hydrogen) atoms. The lowest BCUT2D eigenvalue weighted by Crippen LogP contribution is -2.05. The molecular weight excluding hydrogens is 269 g/mol. The summed E-state index contributed by atoms with van der Waals surface area (Å²) in [6.45, 7) is 0. The van der Waals surface area contributed by atoms with Crippen molar-refractivity contribution in [3.05, 3.63) is 53.0 Å². The van der Waals surface area contributed by atoms with E-state index >= 15 is 0 Å². The van der Waals surface area contributed by atoms with Crippen molar-refractivity contribution < 1.29 is 26.7 Å². The Morgan fingerprint density at radius 2 is 1.37 bits per heavy atom. The third-order valence-corrected chi connectivity index (χ3v) is 2.36. The van der Waals surface area contributed by atoms with Gasteiger partial charge in [-0.1, -0.05) is 6.07 Å². The molecule has 1 aromatic heterocycles. The second kappa shape index (κ2) is 4.75. The number of carbonyl (C=O) groups is 1. The van der Waals surface area contributed by atoms with Crippen molar-refractivity contribution in [3.63, 3.8) is 0 Å². The minimum Gasteiger partial charge on any atom is -0.296 e. The van der Waals surface area contributed by atoms with Crippen LogP contribution in [0.3, 0.4) is 0 Å². The van der Waals surface area contributed by atoms with Crippen LogP contribution in [0.15, 0.2) is 18.2 Å². The Morgan fingerprint density at radius 3 is 1.89 bits per heavy atom. The van der Waals surface area contributed by atoms with E-state index in [9.17, 15) is 26.7 Å². The summed E-state index contributed by atoms with van der Waals surface area (Å²) >= 11 is 0. The van der Waals surface area contributed by atoms with Gasteiger partial charge in [0.1, 0.15) is 5.69 Å². The molecule has 0 aliphatic rings. The largest absolute Gasteiger partial charge is 0.296 e. The molecule has 0 unspecified atom stereocenters. The van der Waals surface area contributed by atoms with Crippen molar-refractivity contribution in [3.8, 4) is 11.3 Å². The van der Waals surface area contributed by atoms with Gasteiger partial charge in [0.2, 0.25) is 5.82 Å². The first kappa shape index (κ1) is 13.1. The SMILES string of the molecule is O=Cc1cccc(-c2c(F)c(F)c(F)c(F)c2F)n1. The van der Waals surface area contributed by atoms with Crippen LogP contribution in [0.1, 0.15) is 10.5 Å². The molecular formula is C12H4F5NO. The molecule has 0 saturated carbocycles. The van der Waals surface area contributed by atoms with Gasteiger partial charge in [-0.05, 0) is 12.1 Å². The molecule has 7 heteroatoms. The molecule has 0 aliphatic heterocycles. The zero-order valence-electron chi connectivity index (χ0n) is 9.05. The molecule has 0 saturated heterocycles. The molecule has 0 N–H and O–H groups in total. The molecule has 0 amide bonds. The van der Waals surface area contributed by atoms with Gasteiger partial charge in [0.25, 0.3) is 0 Å². The van der Waals surface area contributed by atoms with Crippen molar-refractivity contribution >= 4 is 6.29 Å². The van der Waals surface area contributed by atoms with Crippen molar-refractivity contribution in [1.82, 2.24) is 4.98 Å². The Bertz CT molecular complexity index is 642. The second-order valence-corrected chi connectivity index (χ2v) is 3.51. The minimum atomic E-state index is -2.25. The molecule has 0 fully saturated rings. The van der Waals surface area contributed by atoms with Crippen LogP contribution in [0.2, 0.25) is 0 Å². The van der Waals surface area contributed by atoms with Crippen molar-refractivity contribution in [2.75, 3.05) is 0 Å². The van der Waals surface area contributed by atoms with E-state index in [0.29, 0.717) is 0 Å². The summed E-state index contributed by atoms with van der Waals surface area (Å²) in [7, 11) is 0. The first-order chi connectivity index (χ1) is 8.97. The molecule has 0 bridgehead atoms. The highest BCUT2D eigenvalue weighted by molar-refractivity contribution is 5.74. The highest BCUT2D eigenvalue weighted by atomic mass is 19.2. The van der Waals surface area contributed by atoms with Gasteiger partial charge in [-0.2, -0.15) is 0 Å². The molecule has 98 valence electrons. The Kier molecular flexibility index (Phi) is 3.28. The first-order valence-electron chi connectivity index (χ1n) is 4.91. The monoisotopic (exact) mass is 273 g/mol. The maximum absolute atomic E-state index is 13.5. The summed E-state index contributed by atoms with van der Waals surface area (Å²) in [5.74, 6) is -10.4. The lowest BCUT2D eigenvalue weighted by atomic mass is 10.1. The van der Waals surface area contributed by atoms with Gasteiger partial charge in [0, 0.05) is 0 Å². The van der Waals surface area contributed by atoms with Crippen LogP contribution in [0.4, 0.5) is 22.0 Å². The third-order valence-electron chi connectivity index (χ3n) is 2.36. The smallest absolute Gasteiger partial charge is 0.200 e. The lowest BCUT2D eigenvalue weighted by Gasteiger charge is -2.07. The molecule has 0 aliphatic carbocycles. The van der Waals surface area contributed by atoms with Gasteiger partial charge in [-0.25, -0.2) is 26.9 Å². The standard InChI is InChI=1S/C12H4F5NO/c13-8-7(6-3-1-2-5(4-19)18-6)9(14)11(16)12(17)10(8)15/h1-4H. The van der Waals surface area contributed by atoms with Gasteiger partial charge >= 0.3 is 0 Å². The Morgan fingerprint density at radius 1 is 0.842 bits per heavy atom. The molecule has 0 radical (unpaired) electrons. The van der Waals surface area contributed by atoms with Crippen molar-refractivity contribution in [2.45, 2.75) is 0 Å². The number of hydrogen-bond acceptors (Lipinski definition) is 2. The van der Waals surface area contributed by atoms with Gasteiger partial charge in [0.15, 0.2) is 29.6 Å². The summed E-state index contributed by atoms with van der Waals surface area (Å²) in [5.41, 5.74) is -1.88. The maximum atomic E-state index is 13.5. The second-order valence-electron chi connectivity index (χ2n) is 3.51. The van der Waals surface area contributed by atoms with Gasteiger partial charge in [-0.15, -0.1) is 0 Å². The molecule has 0 atom stereocenters. The van der Waals surface area contributed by atoms with Crippen LogP contribution >= 0.6 is 0 Å². The number of nitrogens with zero attached hydrogens (tertiary/aromatic N) is 1. The van der Waals surface area contributed by atoms with Crippen LogP contribution in [0, 0.1) is 29.1 Å².